The van der Waals surface area contributed by atoms with Crippen LogP contribution in [0.5, 0.6) is 0 Å². The lowest BCUT2D eigenvalue weighted by atomic mass is 9.63. The third kappa shape index (κ3) is 2.42. The van der Waals surface area contributed by atoms with Gasteiger partial charge in [0.05, 0.1) is 18.6 Å². The number of primary amides is 1. The van der Waals surface area contributed by atoms with Crippen LogP contribution < -0.4 is 5.73 Å². The van der Waals surface area contributed by atoms with Crippen LogP contribution in [0.25, 0.3) is 0 Å². The Morgan fingerprint density at radius 3 is 2.52 bits per heavy atom. The number of nitrogens with two attached hydrogens (primary N) is 1. The average molecular weight is 288 g/mol. The summed E-state index contributed by atoms with van der Waals surface area (Å²) in [6.07, 6.45) is 2.11. The van der Waals surface area contributed by atoms with Gasteiger partial charge in [0.15, 0.2) is 6.10 Å². The van der Waals surface area contributed by atoms with E-state index in [1.807, 2.05) is 30.3 Å². The Morgan fingerprint density at radius 2 is 1.95 bits per heavy atom. The molecule has 0 radical (unpaired) electrons. The Kier molecular flexibility index (Phi) is 3.68. The van der Waals surface area contributed by atoms with Crippen LogP contribution in [-0.4, -0.2) is 42.5 Å². The molecule has 0 spiro atoms. The first-order chi connectivity index (χ1) is 10.1. The van der Waals surface area contributed by atoms with Gasteiger partial charge < -0.3 is 15.4 Å². The number of hydrogen-bond acceptors (Lipinski definition) is 3. The minimum absolute atomic E-state index is 0.106. The molecule has 1 aromatic rings. The van der Waals surface area contributed by atoms with Crippen LogP contribution >= 0.6 is 0 Å². The molecule has 2 N–H and O–H groups in total. The Bertz CT molecular complexity index is 540. The van der Waals surface area contributed by atoms with Crippen molar-refractivity contribution in [1.29, 1.82) is 0 Å². The molecule has 1 heterocycles. The van der Waals surface area contributed by atoms with E-state index in [1.165, 1.54) is 0 Å². The summed E-state index contributed by atoms with van der Waals surface area (Å²) < 4.78 is 5.32. The first kappa shape index (κ1) is 14.1. The van der Waals surface area contributed by atoms with E-state index in [0.29, 0.717) is 13.2 Å². The van der Waals surface area contributed by atoms with Crippen LogP contribution in [0.4, 0.5) is 0 Å². The highest BCUT2D eigenvalue weighted by atomic mass is 16.5. The maximum atomic E-state index is 13.0. The van der Waals surface area contributed by atoms with Crippen LogP contribution in [0.3, 0.4) is 0 Å². The Hall–Kier alpha value is -1.88. The van der Waals surface area contributed by atoms with E-state index in [1.54, 1.807) is 4.90 Å². The second-order valence-electron chi connectivity index (χ2n) is 5.81. The van der Waals surface area contributed by atoms with Gasteiger partial charge in [0, 0.05) is 6.54 Å². The highest BCUT2D eigenvalue weighted by molar-refractivity contribution is 5.90. The largest absolute Gasteiger partial charge is 0.367 e. The fraction of sp³-hybridized carbons (Fsp3) is 0.500. The first-order valence-corrected chi connectivity index (χ1v) is 7.39. The molecule has 2 amide bonds. The van der Waals surface area contributed by atoms with Gasteiger partial charge in [-0.1, -0.05) is 36.8 Å². The van der Waals surface area contributed by atoms with Gasteiger partial charge in [-0.3, -0.25) is 9.59 Å². The summed E-state index contributed by atoms with van der Waals surface area (Å²) in [6, 6.07) is 9.92. The Labute approximate surface area is 124 Å². The molecule has 5 heteroatoms. The van der Waals surface area contributed by atoms with Crippen LogP contribution in [-0.2, 0) is 19.7 Å². The van der Waals surface area contributed by atoms with Crippen LogP contribution in [0.15, 0.2) is 30.3 Å². The molecule has 21 heavy (non-hydrogen) atoms. The van der Waals surface area contributed by atoms with E-state index in [9.17, 15) is 9.59 Å². The average Bonchev–Trinajstić information content (AvgIpc) is 2.47. The maximum absolute atomic E-state index is 13.0. The number of hydrogen-bond donors (Lipinski definition) is 1. The van der Waals surface area contributed by atoms with Crippen molar-refractivity contribution in [2.75, 3.05) is 19.7 Å². The number of morpholine rings is 1. The Morgan fingerprint density at radius 1 is 1.24 bits per heavy atom. The molecule has 1 atom stereocenters. The highest BCUT2D eigenvalue weighted by Gasteiger charge is 2.48. The number of ether oxygens (including phenoxy) is 1. The molecule has 1 saturated heterocycles. The smallest absolute Gasteiger partial charge is 0.248 e. The molecule has 0 bridgehead atoms. The molecule has 5 nitrogen and oxygen atoms in total. The normalized spacial score (nSPS) is 24.2. The van der Waals surface area contributed by atoms with Gasteiger partial charge >= 0.3 is 0 Å². The van der Waals surface area contributed by atoms with E-state index < -0.39 is 17.4 Å². The van der Waals surface area contributed by atoms with Crippen molar-refractivity contribution in [2.24, 2.45) is 5.73 Å². The monoisotopic (exact) mass is 288 g/mol. The number of carbonyl (C=O) groups is 2. The van der Waals surface area contributed by atoms with E-state index in [4.69, 9.17) is 10.5 Å². The second-order valence-corrected chi connectivity index (χ2v) is 5.81. The Balaban J connectivity index is 1.81. The predicted octanol–water partition coefficient (Wildman–Crippen LogP) is 0.821. The van der Waals surface area contributed by atoms with Crippen molar-refractivity contribution in [3.63, 3.8) is 0 Å². The summed E-state index contributed by atoms with van der Waals surface area (Å²) in [6.45, 7) is 1.16. The minimum Gasteiger partial charge on any atom is -0.367 e. The fourth-order valence-electron chi connectivity index (χ4n) is 3.22. The number of carbonyl (C=O) groups excluding carboxylic acids is 2. The van der Waals surface area contributed by atoms with E-state index in [0.717, 1.165) is 24.8 Å². The third-order valence-corrected chi connectivity index (χ3v) is 4.61. The summed E-state index contributed by atoms with van der Waals surface area (Å²) in [5, 5.41) is 0. The SMILES string of the molecule is NC(=O)[C@@H]1CN(C(=O)C2(c3ccccc3)CCC2)CCO1. The highest BCUT2D eigenvalue weighted by Crippen LogP contribution is 2.45. The topological polar surface area (TPSA) is 72.6 Å². The van der Waals surface area contributed by atoms with Gasteiger partial charge in [-0.05, 0) is 18.4 Å². The molecule has 3 rings (SSSR count). The molecule has 1 aliphatic heterocycles. The first-order valence-electron chi connectivity index (χ1n) is 7.39. The molecule has 1 aromatic carbocycles. The number of amides is 2. The van der Waals surface area contributed by atoms with Crippen LogP contribution in [0.1, 0.15) is 24.8 Å². The second kappa shape index (κ2) is 5.48. The molecule has 0 unspecified atom stereocenters. The van der Waals surface area contributed by atoms with Gasteiger partial charge in [-0.25, -0.2) is 0 Å². The van der Waals surface area contributed by atoms with Crippen molar-refractivity contribution in [3.05, 3.63) is 35.9 Å². The van der Waals surface area contributed by atoms with Crippen LogP contribution in [0.2, 0.25) is 0 Å². The minimum atomic E-state index is -0.685. The molecule has 112 valence electrons. The van der Waals surface area contributed by atoms with Crippen molar-refractivity contribution < 1.29 is 14.3 Å². The lowest BCUT2D eigenvalue weighted by molar-refractivity contribution is -0.152. The fourth-order valence-corrected chi connectivity index (χ4v) is 3.22. The summed E-state index contributed by atoms with van der Waals surface area (Å²) in [4.78, 5) is 26.0. The summed E-state index contributed by atoms with van der Waals surface area (Å²) in [5.41, 5.74) is 5.95. The van der Waals surface area contributed by atoms with Gasteiger partial charge in [-0.2, -0.15) is 0 Å². The molecule has 0 aromatic heterocycles. The quantitative estimate of drug-likeness (QED) is 0.895. The predicted molar refractivity (Wildman–Crippen MR) is 77.5 cm³/mol. The number of nitrogens with zero attached hydrogens (tertiary/aromatic N) is 1. The molecule has 2 aliphatic rings. The van der Waals surface area contributed by atoms with Gasteiger partial charge in [0.25, 0.3) is 0 Å². The maximum Gasteiger partial charge on any atom is 0.248 e. The lowest BCUT2D eigenvalue weighted by Gasteiger charge is -2.45. The zero-order valence-electron chi connectivity index (χ0n) is 12.0. The number of rotatable bonds is 3. The summed E-state index contributed by atoms with van der Waals surface area (Å²) in [5.74, 6) is -0.399. The molecular formula is C16H20N2O3. The zero-order valence-corrected chi connectivity index (χ0v) is 12.0. The van der Waals surface area contributed by atoms with Crippen molar-refractivity contribution in [2.45, 2.75) is 30.8 Å². The van der Waals surface area contributed by atoms with Crippen molar-refractivity contribution in [1.82, 2.24) is 4.90 Å². The lowest BCUT2D eigenvalue weighted by Crippen LogP contribution is -2.57. The van der Waals surface area contributed by atoms with Crippen molar-refractivity contribution >= 4 is 11.8 Å². The number of benzene rings is 1. The third-order valence-electron chi connectivity index (χ3n) is 4.61. The summed E-state index contributed by atoms with van der Waals surface area (Å²) >= 11 is 0. The standard InChI is InChI=1S/C16H20N2O3/c17-14(19)13-11-18(9-10-21-13)15(20)16(7-4-8-16)12-5-2-1-3-6-12/h1-3,5-6,13H,4,7-11H2,(H2,17,19)/t13-/m0/s1. The molecule has 2 fully saturated rings. The molecular weight excluding hydrogens is 268 g/mol. The van der Waals surface area contributed by atoms with Gasteiger partial charge in [0.1, 0.15) is 0 Å². The van der Waals surface area contributed by atoms with Gasteiger partial charge in [0.2, 0.25) is 11.8 Å². The van der Waals surface area contributed by atoms with Gasteiger partial charge in [-0.15, -0.1) is 0 Å². The zero-order chi connectivity index (χ0) is 14.9. The van der Waals surface area contributed by atoms with Crippen LogP contribution in [0, 0.1) is 0 Å². The molecule has 1 aliphatic carbocycles. The molecule has 1 saturated carbocycles. The van der Waals surface area contributed by atoms with E-state index >= 15 is 0 Å². The van der Waals surface area contributed by atoms with Crippen molar-refractivity contribution in [3.8, 4) is 0 Å². The van der Waals surface area contributed by atoms with E-state index in [-0.39, 0.29) is 12.5 Å². The summed E-state index contributed by atoms with van der Waals surface area (Å²) in [7, 11) is 0. The van der Waals surface area contributed by atoms with E-state index in [2.05, 4.69) is 0 Å².